The molecule has 1 saturated heterocycles. The fraction of sp³-hybridized carbons (Fsp3) is 0.368. The SMILES string of the molecule is COc1ccc(CN2CCCN(c3ccc(Br)cc3[N+](=O)[O-])CC2)cc1. The van der Waals surface area contributed by atoms with Crippen LogP contribution in [0.5, 0.6) is 5.75 Å². The zero-order valence-corrected chi connectivity index (χ0v) is 16.3. The van der Waals surface area contributed by atoms with Gasteiger partial charge in [-0.1, -0.05) is 28.1 Å². The lowest BCUT2D eigenvalue weighted by Crippen LogP contribution is -2.30. The summed E-state index contributed by atoms with van der Waals surface area (Å²) >= 11 is 3.32. The Labute approximate surface area is 161 Å². The van der Waals surface area contributed by atoms with Crippen LogP contribution in [0.15, 0.2) is 46.9 Å². The zero-order chi connectivity index (χ0) is 18.5. The zero-order valence-electron chi connectivity index (χ0n) is 14.7. The summed E-state index contributed by atoms with van der Waals surface area (Å²) in [6, 6.07) is 13.4. The maximum absolute atomic E-state index is 11.4. The van der Waals surface area contributed by atoms with Crippen molar-refractivity contribution in [1.82, 2.24) is 4.90 Å². The molecule has 2 aromatic carbocycles. The molecule has 0 unspecified atom stereocenters. The standard InChI is InChI=1S/C19H22BrN3O3/c1-26-17-6-3-15(4-7-17)14-21-9-2-10-22(12-11-21)18-8-5-16(20)13-19(18)23(24)25/h3-8,13H,2,9-12,14H2,1H3. The predicted octanol–water partition coefficient (Wildman–Crippen LogP) is 4.08. The normalized spacial score (nSPS) is 15.5. The van der Waals surface area contributed by atoms with Gasteiger partial charge in [-0.25, -0.2) is 0 Å². The van der Waals surface area contributed by atoms with Crippen LogP contribution < -0.4 is 9.64 Å². The lowest BCUT2D eigenvalue weighted by molar-refractivity contribution is -0.384. The average Bonchev–Trinajstić information content (AvgIpc) is 2.88. The minimum Gasteiger partial charge on any atom is -0.497 e. The molecule has 1 fully saturated rings. The number of rotatable bonds is 5. The van der Waals surface area contributed by atoms with Crippen LogP contribution >= 0.6 is 15.9 Å². The Hall–Kier alpha value is -2.12. The summed E-state index contributed by atoms with van der Waals surface area (Å²) in [6.45, 7) is 4.33. The van der Waals surface area contributed by atoms with Gasteiger partial charge in [0.15, 0.2) is 0 Å². The van der Waals surface area contributed by atoms with E-state index in [4.69, 9.17) is 4.74 Å². The van der Waals surface area contributed by atoms with E-state index in [0.717, 1.165) is 49.4 Å². The number of nitrogens with zero attached hydrogens (tertiary/aromatic N) is 3. The molecule has 0 aliphatic carbocycles. The van der Waals surface area contributed by atoms with Crippen molar-refractivity contribution in [2.75, 3.05) is 38.2 Å². The fourth-order valence-electron chi connectivity index (χ4n) is 3.27. The highest BCUT2D eigenvalue weighted by Gasteiger charge is 2.22. The Balaban J connectivity index is 1.67. The quantitative estimate of drug-likeness (QED) is 0.539. The molecule has 6 nitrogen and oxygen atoms in total. The van der Waals surface area contributed by atoms with Gasteiger partial charge in [0, 0.05) is 43.3 Å². The van der Waals surface area contributed by atoms with Crippen LogP contribution in [0.4, 0.5) is 11.4 Å². The van der Waals surface area contributed by atoms with Crippen LogP contribution in [0.3, 0.4) is 0 Å². The number of nitro groups is 1. The summed E-state index contributed by atoms with van der Waals surface area (Å²) in [6.07, 6.45) is 0.976. The predicted molar refractivity (Wildman–Crippen MR) is 106 cm³/mol. The second kappa shape index (κ2) is 8.51. The van der Waals surface area contributed by atoms with E-state index in [9.17, 15) is 10.1 Å². The number of anilines is 1. The molecule has 0 amide bonds. The number of nitro benzene ring substituents is 1. The van der Waals surface area contributed by atoms with Crippen molar-refractivity contribution >= 4 is 27.3 Å². The van der Waals surface area contributed by atoms with E-state index in [-0.39, 0.29) is 10.6 Å². The summed E-state index contributed by atoms with van der Waals surface area (Å²) in [5, 5.41) is 11.4. The third-order valence-electron chi connectivity index (χ3n) is 4.63. The second-order valence-electron chi connectivity index (χ2n) is 6.35. The van der Waals surface area contributed by atoms with Crippen LogP contribution in [0.2, 0.25) is 0 Å². The Morgan fingerprint density at radius 1 is 1.12 bits per heavy atom. The molecular weight excluding hydrogens is 398 g/mol. The highest BCUT2D eigenvalue weighted by atomic mass is 79.9. The van der Waals surface area contributed by atoms with E-state index >= 15 is 0 Å². The van der Waals surface area contributed by atoms with Crippen LogP contribution in [-0.4, -0.2) is 43.1 Å². The van der Waals surface area contributed by atoms with Crippen molar-refractivity contribution < 1.29 is 9.66 Å². The molecule has 1 heterocycles. The van der Waals surface area contributed by atoms with Gasteiger partial charge in [0.25, 0.3) is 5.69 Å². The third kappa shape index (κ3) is 4.53. The van der Waals surface area contributed by atoms with Crippen molar-refractivity contribution in [1.29, 1.82) is 0 Å². The molecule has 1 aliphatic rings. The van der Waals surface area contributed by atoms with Gasteiger partial charge in [0.1, 0.15) is 11.4 Å². The van der Waals surface area contributed by atoms with Gasteiger partial charge < -0.3 is 9.64 Å². The molecule has 0 bridgehead atoms. The molecule has 26 heavy (non-hydrogen) atoms. The highest BCUT2D eigenvalue weighted by Crippen LogP contribution is 2.31. The Morgan fingerprint density at radius 3 is 2.58 bits per heavy atom. The average molecular weight is 420 g/mol. The van der Waals surface area contributed by atoms with Crippen molar-refractivity contribution in [3.05, 3.63) is 62.6 Å². The molecule has 0 radical (unpaired) electrons. The maximum Gasteiger partial charge on any atom is 0.293 e. The lowest BCUT2D eigenvalue weighted by Gasteiger charge is -2.23. The fourth-order valence-corrected chi connectivity index (χ4v) is 3.62. The summed E-state index contributed by atoms with van der Waals surface area (Å²) in [7, 11) is 1.67. The van der Waals surface area contributed by atoms with Crippen molar-refractivity contribution in [3.8, 4) is 5.75 Å². The van der Waals surface area contributed by atoms with Crippen LogP contribution in [0, 0.1) is 10.1 Å². The van der Waals surface area contributed by atoms with E-state index in [1.165, 1.54) is 5.56 Å². The first-order chi connectivity index (χ1) is 12.6. The first kappa shape index (κ1) is 18.7. The summed E-state index contributed by atoms with van der Waals surface area (Å²) < 4.78 is 5.93. The molecule has 0 spiro atoms. The summed E-state index contributed by atoms with van der Waals surface area (Å²) in [5.41, 5.74) is 2.10. The first-order valence-electron chi connectivity index (χ1n) is 8.61. The Morgan fingerprint density at radius 2 is 1.88 bits per heavy atom. The molecule has 2 aromatic rings. The number of halogens is 1. The van der Waals surface area contributed by atoms with Crippen LogP contribution in [0.25, 0.3) is 0 Å². The number of hydrogen-bond acceptors (Lipinski definition) is 5. The molecule has 0 aromatic heterocycles. The van der Waals surface area contributed by atoms with Crippen LogP contribution in [0.1, 0.15) is 12.0 Å². The Bertz CT molecular complexity index is 767. The van der Waals surface area contributed by atoms with Crippen molar-refractivity contribution in [2.45, 2.75) is 13.0 Å². The molecule has 3 rings (SSSR count). The van der Waals surface area contributed by atoms with E-state index in [2.05, 4.69) is 37.9 Å². The van der Waals surface area contributed by atoms with E-state index < -0.39 is 0 Å². The number of benzene rings is 2. The molecule has 138 valence electrons. The van der Waals surface area contributed by atoms with Gasteiger partial charge in [-0.2, -0.15) is 0 Å². The van der Waals surface area contributed by atoms with Gasteiger partial charge in [-0.05, 0) is 36.2 Å². The Kier molecular flexibility index (Phi) is 6.11. The monoisotopic (exact) mass is 419 g/mol. The van der Waals surface area contributed by atoms with Crippen molar-refractivity contribution in [3.63, 3.8) is 0 Å². The largest absolute Gasteiger partial charge is 0.497 e. The molecular formula is C19H22BrN3O3. The topological polar surface area (TPSA) is 58.8 Å². The number of ether oxygens (including phenoxy) is 1. The minimum atomic E-state index is -0.305. The van der Waals surface area contributed by atoms with E-state index in [1.54, 1.807) is 13.2 Å². The summed E-state index contributed by atoms with van der Waals surface area (Å²) in [4.78, 5) is 15.6. The number of hydrogen-bond donors (Lipinski definition) is 0. The van der Waals surface area contributed by atoms with Gasteiger partial charge in [0.2, 0.25) is 0 Å². The maximum atomic E-state index is 11.4. The van der Waals surface area contributed by atoms with Gasteiger partial charge >= 0.3 is 0 Å². The molecule has 1 aliphatic heterocycles. The van der Waals surface area contributed by atoms with Crippen molar-refractivity contribution in [2.24, 2.45) is 0 Å². The molecule has 0 N–H and O–H groups in total. The molecule has 7 heteroatoms. The van der Waals surface area contributed by atoms with E-state index in [1.807, 2.05) is 24.3 Å². The minimum absolute atomic E-state index is 0.156. The van der Waals surface area contributed by atoms with Crippen LogP contribution in [-0.2, 0) is 6.54 Å². The summed E-state index contributed by atoms with van der Waals surface area (Å²) in [5.74, 6) is 0.860. The smallest absolute Gasteiger partial charge is 0.293 e. The molecule has 0 saturated carbocycles. The number of methoxy groups -OCH3 is 1. The van der Waals surface area contributed by atoms with Gasteiger partial charge in [-0.15, -0.1) is 0 Å². The van der Waals surface area contributed by atoms with E-state index in [0.29, 0.717) is 5.69 Å². The lowest BCUT2D eigenvalue weighted by atomic mass is 10.2. The van der Waals surface area contributed by atoms with Gasteiger partial charge in [0.05, 0.1) is 12.0 Å². The first-order valence-corrected chi connectivity index (χ1v) is 9.40. The third-order valence-corrected chi connectivity index (χ3v) is 5.12. The second-order valence-corrected chi connectivity index (χ2v) is 7.27. The van der Waals surface area contributed by atoms with Gasteiger partial charge in [-0.3, -0.25) is 15.0 Å². The highest BCUT2D eigenvalue weighted by molar-refractivity contribution is 9.10. The molecule has 0 atom stereocenters.